The first-order chi connectivity index (χ1) is 16.6. The van der Waals surface area contributed by atoms with Crippen LogP contribution in [0, 0.1) is 0 Å². The molecule has 1 aromatic heterocycles. The van der Waals surface area contributed by atoms with E-state index in [2.05, 4.69) is 22.1 Å². The van der Waals surface area contributed by atoms with Crippen LogP contribution in [0.25, 0.3) is 17.3 Å². The minimum Gasteiger partial charge on any atom is -0.497 e. The predicted molar refractivity (Wildman–Crippen MR) is 135 cm³/mol. The number of aromatic nitrogens is 3. The zero-order valence-corrected chi connectivity index (χ0v) is 20.4. The normalized spacial score (nSPS) is 14.8. The number of para-hydroxylation sites is 1. The van der Waals surface area contributed by atoms with Gasteiger partial charge in [-0.25, -0.2) is 0 Å². The molecule has 0 fully saturated rings. The van der Waals surface area contributed by atoms with Gasteiger partial charge in [0.05, 0.1) is 12.8 Å². The largest absolute Gasteiger partial charge is 0.497 e. The van der Waals surface area contributed by atoms with Gasteiger partial charge < -0.3 is 9.47 Å². The Balaban J connectivity index is 1.70. The molecule has 0 spiro atoms. The number of benzene rings is 2. The van der Waals surface area contributed by atoms with Crippen molar-refractivity contribution in [2.45, 2.75) is 44.5 Å². The number of hydrogen-bond acceptors (Lipinski definition) is 7. The molecule has 0 saturated heterocycles. The van der Waals surface area contributed by atoms with E-state index < -0.39 is 6.23 Å². The molecule has 0 saturated carbocycles. The first kappa shape index (κ1) is 23.8. The van der Waals surface area contributed by atoms with Crippen molar-refractivity contribution < 1.29 is 14.3 Å². The van der Waals surface area contributed by atoms with Crippen LogP contribution in [0.1, 0.15) is 38.7 Å². The summed E-state index contributed by atoms with van der Waals surface area (Å²) in [6.45, 7) is 3.70. The Morgan fingerprint density at radius 1 is 1.15 bits per heavy atom. The summed E-state index contributed by atoms with van der Waals surface area (Å²) in [5, 5.41) is 9.35. The Morgan fingerprint density at radius 3 is 2.68 bits per heavy atom. The van der Waals surface area contributed by atoms with Gasteiger partial charge in [-0.1, -0.05) is 67.9 Å². The third-order valence-corrected chi connectivity index (χ3v) is 6.35. The number of carbonyl (C=O) groups is 1. The van der Waals surface area contributed by atoms with E-state index in [9.17, 15) is 4.79 Å². The average Bonchev–Trinajstić information content (AvgIpc) is 2.99. The van der Waals surface area contributed by atoms with Gasteiger partial charge in [-0.2, -0.15) is 4.98 Å². The van der Waals surface area contributed by atoms with E-state index in [0.717, 1.165) is 35.5 Å². The van der Waals surface area contributed by atoms with Gasteiger partial charge in [-0.15, -0.1) is 10.2 Å². The quantitative estimate of drug-likeness (QED) is 0.309. The summed E-state index contributed by atoms with van der Waals surface area (Å²) in [6, 6.07) is 15.3. The van der Waals surface area contributed by atoms with Crippen molar-refractivity contribution in [1.29, 1.82) is 0 Å². The van der Waals surface area contributed by atoms with Crippen molar-refractivity contribution in [3.63, 3.8) is 0 Å². The van der Waals surface area contributed by atoms with Gasteiger partial charge in [0.1, 0.15) is 5.75 Å². The lowest BCUT2D eigenvalue weighted by atomic mass is 10.1. The Kier molecular flexibility index (Phi) is 7.80. The Bertz CT molecular complexity index is 1170. The van der Waals surface area contributed by atoms with Crippen LogP contribution in [0.2, 0.25) is 0 Å². The first-order valence-electron chi connectivity index (χ1n) is 11.4. The van der Waals surface area contributed by atoms with Gasteiger partial charge in [0.25, 0.3) is 0 Å². The SMILES string of the molecule is CCCCCSc1nnc2c(n1)OC(C=Cc1ccc(OC)cc1)N(C(C)=O)c1ccccc1-2. The molecule has 7 nitrogen and oxygen atoms in total. The highest BCUT2D eigenvalue weighted by atomic mass is 32.2. The van der Waals surface area contributed by atoms with Crippen molar-refractivity contribution in [3.8, 4) is 22.9 Å². The van der Waals surface area contributed by atoms with Gasteiger partial charge >= 0.3 is 0 Å². The van der Waals surface area contributed by atoms with E-state index in [4.69, 9.17) is 9.47 Å². The van der Waals surface area contributed by atoms with Crippen LogP contribution in [-0.2, 0) is 4.79 Å². The number of unbranched alkanes of at least 4 members (excludes halogenated alkanes) is 2. The number of carbonyl (C=O) groups excluding carboxylic acids is 1. The number of anilines is 1. The Hall–Kier alpha value is -3.39. The molecular weight excluding hydrogens is 448 g/mol. The fourth-order valence-corrected chi connectivity index (χ4v) is 4.47. The smallest absolute Gasteiger partial charge is 0.247 e. The molecule has 8 heteroatoms. The molecule has 176 valence electrons. The van der Waals surface area contributed by atoms with E-state index in [1.165, 1.54) is 13.3 Å². The third kappa shape index (κ3) is 5.39. The van der Waals surface area contributed by atoms with Crippen LogP contribution >= 0.6 is 11.8 Å². The number of amides is 1. The lowest BCUT2D eigenvalue weighted by Crippen LogP contribution is -2.41. The molecule has 2 heterocycles. The van der Waals surface area contributed by atoms with Gasteiger partial charge in [0, 0.05) is 18.2 Å². The van der Waals surface area contributed by atoms with Gasteiger partial charge in [0.15, 0.2) is 11.9 Å². The highest BCUT2D eigenvalue weighted by Crippen LogP contribution is 2.39. The standard InChI is InChI=1S/C26H28N4O3S/c1-4-5-8-17-34-26-27-25-24(28-29-26)21-9-6-7-10-22(21)30(18(2)31)23(33-25)16-13-19-11-14-20(32-3)15-12-19/h6-7,9-16,23H,4-5,8,17H2,1-3H3. The number of fused-ring (bicyclic) bond motifs is 3. The highest BCUT2D eigenvalue weighted by Gasteiger charge is 2.32. The molecular formula is C26H28N4O3S. The molecule has 3 aromatic rings. The van der Waals surface area contributed by atoms with Crippen molar-refractivity contribution in [1.82, 2.24) is 15.2 Å². The molecule has 0 radical (unpaired) electrons. The zero-order valence-electron chi connectivity index (χ0n) is 19.6. The summed E-state index contributed by atoms with van der Waals surface area (Å²) in [6.07, 6.45) is 6.50. The Labute approximate surface area is 204 Å². The number of rotatable bonds is 8. The molecule has 1 unspecified atom stereocenters. The average molecular weight is 477 g/mol. The summed E-state index contributed by atoms with van der Waals surface area (Å²) in [5.41, 5.74) is 2.95. The van der Waals surface area contributed by atoms with Crippen molar-refractivity contribution >= 4 is 29.4 Å². The van der Waals surface area contributed by atoms with Crippen LogP contribution in [0.4, 0.5) is 5.69 Å². The maximum Gasteiger partial charge on any atom is 0.247 e. The molecule has 2 aromatic carbocycles. The monoisotopic (exact) mass is 476 g/mol. The minimum atomic E-state index is -0.698. The molecule has 4 rings (SSSR count). The number of hydrogen-bond donors (Lipinski definition) is 0. The van der Waals surface area contributed by atoms with E-state index in [1.54, 1.807) is 23.8 Å². The number of nitrogens with zero attached hydrogens (tertiary/aromatic N) is 4. The summed E-state index contributed by atoms with van der Waals surface area (Å²) in [4.78, 5) is 19.1. The maximum atomic E-state index is 12.8. The van der Waals surface area contributed by atoms with Crippen LogP contribution in [0.3, 0.4) is 0 Å². The van der Waals surface area contributed by atoms with Crippen molar-refractivity contribution in [3.05, 3.63) is 60.2 Å². The number of thioether (sulfide) groups is 1. The molecule has 0 aliphatic carbocycles. The molecule has 0 bridgehead atoms. The van der Waals surface area contributed by atoms with E-state index in [-0.39, 0.29) is 5.91 Å². The van der Waals surface area contributed by atoms with Crippen molar-refractivity contribution in [2.24, 2.45) is 0 Å². The lowest BCUT2D eigenvalue weighted by Gasteiger charge is -2.27. The maximum absolute atomic E-state index is 12.8. The molecule has 34 heavy (non-hydrogen) atoms. The summed E-state index contributed by atoms with van der Waals surface area (Å²) in [7, 11) is 1.64. The second-order valence-electron chi connectivity index (χ2n) is 7.85. The number of ether oxygens (including phenoxy) is 2. The molecule has 1 atom stereocenters. The summed E-state index contributed by atoms with van der Waals surface area (Å²) in [5.74, 6) is 1.92. The van der Waals surface area contributed by atoms with Crippen LogP contribution in [0.5, 0.6) is 11.6 Å². The van der Waals surface area contributed by atoms with E-state index in [1.807, 2.05) is 60.7 Å². The second-order valence-corrected chi connectivity index (χ2v) is 8.91. The fourth-order valence-electron chi connectivity index (χ4n) is 3.70. The van der Waals surface area contributed by atoms with Crippen molar-refractivity contribution in [2.75, 3.05) is 17.8 Å². The lowest BCUT2D eigenvalue weighted by molar-refractivity contribution is -0.117. The fraction of sp³-hybridized carbons (Fsp3) is 0.308. The molecule has 0 N–H and O–H groups in total. The first-order valence-corrected chi connectivity index (χ1v) is 12.3. The topological polar surface area (TPSA) is 77.4 Å². The van der Waals surface area contributed by atoms with E-state index >= 15 is 0 Å². The van der Waals surface area contributed by atoms with Gasteiger partial charge in [-0.05, 0) is 36.3 Å². The highest BCUT2D eigenvalue weighted by molar-refractivity contribution is 7.99. The Morgan fingerprint density at radius 2 is 1.94 bits per heavy atom. The van der Waals surface area contributed by atoms with Crippen LogP contribution in [-0.4, -0.2) is 40.2 Å². The van der Waals surface area contributed by atoms with Gasteiger partial charge in [-0.3, -0.25) is 9.69 Å². The molecule has 1 aliphatic heterocycles. The van der Waals surface area contributed by atoms with Gasteiger partial charge in [0.2, 0.25) is 16.9 Å². The summed E-state index contributed by atoms with van der Waals surface area (Å²) >= 11 is 1.57. The molecule has 1 amide bonds. The summed E-state index contributed by atoms with van der Waals surface area (Å²) < 4.78 is 11.5. The van der Waals surface area contributed by atoms with Crippen LogP contribution < -0.4 is 14.4 Å². The molecule has 1 aliphatic rings. The van der Waals surface area contributed by atoms with E-state index in [0.29, 0.717) is 22.4 Å². The third-order valence-electron chi connectivity index (χ3n) is 5.43. The second kappa shape index (κ2) is 11.2. The predicted octanol–water partition coefficient (Wildman–Crippen LogP) is 5.61. The number of methoxy groups -OCH3 is 1. The van der Waals surface area contributed by atoms with Crippen LogP contribution in [0.15, 0.2) is 59.8 Å². The zero-order chi connectivity index (χ0) is 23.9. The minimum absolute atomic E-state index is 0.147.